The molecule has 0 atom stereocenters. The molecule has 4 N–H and O–H groups in total. The van der Waals surface area contributed by atoms with Gasteiger partial charge in [-0.05, 0) is 61.8 Å². The molecule has 0 aliphatic carbocycles. The van der Waals surface area contributed by atoms with Crippen molar-refractivity contribution < 1.29 is 18.6 Å². The molecule has 0 aliphatic heterocycles. The monoisotopic (exact) mass is 404 g/mol. The average molecular weight is 404 g/mol. The van der Waals surface area contributed by atoms with Crippen molar-refractivity contribution in [3.63, 3.8) is 0 Å². The normalized spacial score (nSPS) is 10.8. The van der Waals surface area contributed by atoms with Crippen LogP contribution < -0.4 is 15.4 Å². The molecule has 0 saturated carbocycles. The van der Waals surface area contributed by atoms with Crippen LogP contribution in [0.1, 0.15) is 19.4 Å². The van der Waals surface area contributed by atoms with Gasteiger partial charge in [0.2, 0.25) is 5.88 Å². The Labute approximate surface area is 164 Å². The largest absolute Gasteiger partial charge is 0.492 e. The second-order valence-electron chi connectivity index (χ2n) is 6.21. The predicted molar refractivity (Wildman–Crippen MR) is 105 cm³/mol. The molecule has 6 nitrogen and oxygen atoms in total. The van der Waals surface area contributed by atoms with E-state index in [0.717, 1.165) is 29.7 Å². The number of amidine groups is 1. The fourth-order valence-corrected chi connectivity index (χ4v) is 3.09. The zero-order valence-electron chi connectivity index (χ0n) is 15.1. The van der Waals surface area contributed by atoms with Crippen LogP contribution in [0.15, 0.2) is 42.5 Å². The maximum absolute atomic E-state index is 13.7. The Morgan fingerprint density at radius 1 is 1.18 bits per heavy atom. The standard InChI is InChI=1S/C19H18F2N4O2S/c1-10(2)23-17(22)16-18(26)25-28-19(16)24-12-4-6-13(7-5-12)27-15-9-11(20)3-8-14(15)21/h3-10,24H,1-2H3,(H2,22,23)(H,25,26). The molecule has 0 fully saturated rings. The Bertz CT molecular complexity index is 990. The number of ether oxygens (including phenoxy) is 1. The van der Waals surface area contributed by atoms with Crippen LogP contribution in [0.3, 0.4) is 0 Å². The summed E-state index contributed by atoms with van der Waals surface area (Å²) in [6.45, 7) is 3.78. The van der Waals surface area contributed by atoms with E-state index in [1.807, 2.05) is 13.8 Å². The lowest BCUT2D eigenvalue weighted by molar-refractivity contribution is 0.436. The van der Waals surface area contributed by atoms with Crippen molar-refractivity contribution in [1.29, 1.82) is 5.41 Å². The van der Waals surface area contributed by atoms with E-state index in [2.05, 4.69) is 15.0 Å². The number of aromatic nitrogens is 1. The van der Waals surface area contributed by atoms with Gasteiger partial charge < -0.3 is 20.5 Å². The molecule has 0 spiro atoms. The number of nitrogens with zero attached hydrogens (tertiary/aromatic N) is 1. The molecule has 0 unspecified atom stereocenters. The first-order chi connectivity index (χ1) is 13.3. The lowest BCUT2D eigenvalue weighted by Gasteiger charge is -2.13. The van der Waals surface area contributed by atoms with E-state index in [1.54, 1.807) is 24.3 Å². The summed E-state index contributed by atoms with van der Waals surface area (Å²) in [6.07, 6.45) is 0. The predicted octanol–water partition coefficient (Wildman–Crippen LogP) is 4.99. The highest BCUT2D eigenvalue weighted by Gasteiger charge is 2.18. The highest BCUT2D eigenvalue weighted by molar-refractivity contribution is 7.11. The molecule has 0 radical (unpaired) electrons. The van der Waals surface area contributed by atoms with Crippen LogP contribution in [0.4, 0.5) is 19.5 Å². The number of rotatable bonds is 6. The zero-order valence-corrected chi connectivity index (χ0v) is 15.9. The van der Waals surface area contributed by atoms with Crippen LogP contribution in [0.2, 0.25) is 0 Å². The van der Waals surface area contributed by atoms with Crippen molar-refractivity contribution in [3.8, 4) is 17.4 Å². The van der Waals surface area contributed by atoms with E-state index in [4.69, 9.17) is 10.1 Å². The lowest BCUT2D eigenvalue weighted by atomic mass is 10.2. The third-order valence-corrected chi connectivity index (χ3v) is 4.34. The van der Waals surface area contributed by atoms with Gasteiger partial charge in [-0.1, -0.05) is 0 Å². The van der Waals surface area contributed by atoms with Crippen molar-refractivity contribution in [2.75, 3.05) is 5.32 Å². The van der Waals surface area contributed by atoms with E-state index in [1.165, 1.54) is 0 Å². The van der Waals surface area contributed by atoms with Gasteiger partial charge in [-0.3, -0.25) is 5.41 Å². The van der Waals surface area contributed by atoms with Crippen LogP contribution in [0.5, 0.6) is 17.4 Å². The highest BCUT2D eigenvalue weighted by atomic mass is 32.1. The van der Waals surface area contributed by atoms with Gasteiger partial charge in [0.15, 0.2) is 11.6 Å². The van der Waals surface area contributed by atoms with E-state index in [9.17, 15) is 13.9 Å². The van der Waals surface area contributed by atoms with Crippen LogP contribution >= 0.6 is 11.5 Å². The summed E-state index contributed by atoms with van der Waals surface area (Å²) >= 11 is 1.02. The zero-order chi connectivity index (χ0) is 20.3. The van der Waals surface area contributed by atoms with Crippen LogP contribution in [-0.4, -0.2) is 21.4 Å². The van der Waals surface area contributed by atoms with Gasteiger partial charge in [0.1, 0.15) is 28.0 Å². The van der Waals surface area contributed by atoms with Gasteiger partial charge >= 0.3 is 0 Å². The van der Waals surface area contributed by atoms with Crippen molar-refractivity contribution in [2.45, 2.75) is 19.9 Å². The molecule has 1 aromatic heterocycles. The van der Waals surface area contributed by atoms with Crippen LogP contribution in [-0.2, 0) is 0 Å². The third kappa shape index (κ3) is 4.55. The van der Waals surface area contributed by atoms with Gasteiger partial charge in [-0.2, -0.15) is 4.37 Å². The molecular formula is C19H18F2N4O2S. The Balaban J connectivity index is 1.75. The molecule has 2 aromatic carbocycles. The first-order valence-electron chi connectivity index (χ1n) is 8.37. The fraction of sp³-hybridized carbons (Fsp3) is 0.158. The first-order valence-corrected chi connectivity index (χ1v) is 9.15. The molecule has 0 saturated heterocycles. The summed E-state index contributed by atoms with van der Waals surface area (Å²) in [5, 5.41) is 24.5. The number of hydrogen-bond acceptors (Lipinski definition) is 6. The molecule has 146 valence electrons. The fourth-order valence-electron chi connectivity index (χ4n) is 2.37. The molecule has 3 rings (SSSR count). The lowest BCUT2D eigenvalue weighted by Crippen LogP contribution is -2.30. The van der Waals surface area contributed by atoms with Gasteiger partial charge in [0.05, 0.1) is 0 Å². The smallest absolute Gasteiger partial charge is 0.236 e. The summed E-state index contributed by atoms with van der Waals surface area (Å²) in [5.41, 5.74) is 0.926. The van der Waals surface area contributed by atoms with Crippen molar-refractivity contribution in [2.24, 2.45) is 0 Å². The third-order valence-electron chi connectivity index (χ3n) is 3.59. The quantitative estimate of drug-likeness (QED) is 0.343. The van der Waals surface area contributed by atoms with E-state index < -0.39 is 11.6 Å². The SMILES string of the molecule is CC(C)NC(=N)c1c(O)nsc1Nc1ccc(Oc2cc(F)ccc2F)cc1. The van der Waals surface area contributed by atoms with Gasteiger partial charge in [0.25, 0.3) is 0 Å². The second kappa shape index (κ2) is 8.22. The van der Waals surface area contributed by atoms with Crippen molar-refractivity contribution >= 4 is 28.1 Å². The van der Waals surface area contributed by atoms with Gasteiger partial charge in [-0.15, -0.1) is 0 Å². The van der Waals surface area contributed by atoms with Gasteiger partial charge in [-0.25, -0.2) is 8.78 Å². The number of anilines is 2. The maximum atomic E-state index is 13.7. The number of hydrogen-bond donors (Lipinski definition) is 4. The van der Waals surface area contributed by atoms with Crippen molar-refractivity contribution in [1.82, 2.24) is 9.69 Å². The molecule has 9 heteroatoms. The van der Waals surface area contributed by atoms with E-state index in [0.29, 0.717) is 16.4 Å². The van der Waals surface area contributed by atoms with Crippen molar-refractivity contribution in [3.05, 3.63) is 59.7 Å². The summed E-state index contributed by atoms with van der Waals surface area (Å²) < 4.78 is 36.2. The summed E-state index contributed by atoms with van der Waals surface area (Å²) in [6, 6.07) is 9.54. The summed E-state index contributed by atoms with van der Waals surface area (Å²) in [5.74, 6) is -1.30. The maximum Gasteiger partial charge on any atom is 0.236 e. The highest BCUT2D eigenvalue weighted by Crippen LogP contribution is 2.33. The Kier molecular flexibility index (Phi) is 5.74. The number of halogens is 2. The van der Waals surface area contributed by atoms with E-state index >= 15 is 0 Å². The number of aromatic hydroxyl groups is 1. The van der Waals surface area contributed by atoms with Crippen LogP contribution in [0, 0.1) is 17.0 Å². The number of nitrogens with one attached hydrogen (secondary N) is 3. The second-order valence-corrected chi connectivity index (χ2v) is 6.98. The molecule has 0 bridgehead atoms. The molecule has 0 amide bonds. The Morgan fingerprint density at radius 2 is 1.89 bits per heavy atom. The molecule has 28 heavy (non-hydrogen) atoms. The summed E-state index contributed by atoms with van der Waals surface area (Å²) in [7, 11) is 0. The Hall–Kier alpha value is -3.20. The molecule has 3 aromatic rings. The minimum Gasteiger partial charge on any atom is -0.492 e. The molecular weight excluding hydrogens is 386 g/mol. The van der Waals surface area contributed by atoms with Crippen LogP contribution in [0.25, 0.3) is 0 Å². The average Bonchev–Trinajstić information content (AvgIpc) is 2.99. The van der Waals surface area contributed by atoms with E-state index in [-0.39, 0.29) is 29.1 Å². The summed E-state index contributed by atoms with van der Waals surface area (Å²) in [4.78, 5) is 0. The number of benzene rings is 2. The minimum absolute atomic E-state index is 0.0271. The minimum atomic E-state index is -0.662. The van der Waals surface area contributed by atoms with Gasteiger partial charge in [0, 0.05) is 17.8 Å². The topological polar surface area (TPSA) is 90.3 Å². The Morgan fingerprint density at radius 3 is 2.57 bits per heavy atom. The first kappa shape index (κ1) is 19.6. The molecule has 1 heterocycles. The molecule has 0 aliphatic rings.